The van der Waals surface area contributed by atoms with E-state index >= 15 is 0 Å². The Morgan fingerprint density at radius 3 is 2.30 bits per heavy atom. The molecular formula is C18H23NS. The highest BCUT2D eigenvalue weighted by atomic mass is 32.2. The van der Waals surface area contributed by atoms with E-state index in [1.54, 1.807) is 0 Å². The zero-order valence-corrected chi connectivity index (χ0v) is 13.3. The highest BCUT2D eigenvalue weighted by molar-refractivity contribution is 7.98. The molecule has 2 aromatic carbocycles. The van der Waals surface area contributed by atoms with Gasteiger partial charge in [-0.05, 0) is 36.8 Å². The smallest absolute Gasteiger partial charge is 0.0581 e. The molecule has 0 heterocycles. The monoisotopic (exact) mass is 285 g/mol. The summed E-state index contributed by atoms with van der Waals surface area (Å²) in [5, 5.41) is 3.77. The minimum Gasteiger partial charge on any atom is -0.303 e. The Labute approximate surface area is 126 Å². The van der Waals surface area contributed by atoms with Crippen molar-refractivity contribution in [2.45, 2.75) is 25.9 Å². The molecule has 0 aliphatic rings. The summed E-state index contributed by atoms with van der Waals surface area (Å²) in [5.41, 5.74) is 4.03. The molecule has 0 saturated heterocycles. The van der Waals surface area contributed by atoms with Crippen LogP contribution in [0.4, 0.5) is 0 Å². The van der Waals surface area contributed by atoms with E-state index in [1.165, 1.54) is 16.7 Å². The van der Waals surface area contributed by atoms with Gasteiger partial charge in [-0.2, -0.15) is 11.8 Å². The van der Waals surface area contributed by atoms with E-state index in [-0.39, 0.29) is 6.04 Å². The van der Waals surface area contributed by atoms with Crippen molar-refractivity contribution in [1.29, 1.82) is 0 Å². The molecule has 0 aromatic heterocycles. The summed E-state index contributed by atoms with van der Waals surface area (Å²) < 4.78 is 0. The molecule has 2 heteroatoms. The summed E-state index contributed by atoms with van der Waals surface area (Å²) in [5.74, 6) is 1.12. The number of hydrogen-bond acceptors (Lipinski definition) is 2. The van der Waals surface area contributed by atoms with Crippen LogP contribution in [-0.2, 0) is 0 Å². The first-order valence-corrected chi connectivity index (χ1v) is 8.47. The van der Waals surface area contributed by atoms with Gasteiger partial charge in [0.25, 0.3) is 0 Å². The Kier molecular flexibility index (Phi) is 5.69. The average molecular weight is 285 g/mol. The average Bonchev–Trinajstić information content (AvgIpc) is 2.47. The summed E-state index contributed by atoms with van der Waals surface area (Å²) in [6.45, 7) is 4.44. The van der Waals surface area contributed by atoms with Gasteiger partial charge < -0.3 is 5.32 Å². The van der Waals surface area contributed by atoms with E-state index < -0.39 is 0 Å². The van der Waals surface area contributed by atoms with E-state index in [9.17, 15) is 0 Å². The van der Waals surface area contributed by atoms with Crippen LogP contribution in [0.25, 0.3) is 0 Å². The van der Waals surface area contributed by atoms with Crippen molar-refractivity contribution in [3.05, 3.63) is 71.3 Å². The minimum absolute atomic E-state index is 0.263. The van der Waals surface area contributed by atoms with Crippen molar-refractivity contribution in [2.24, 2.45) is 0 Å². The third-order valence-corrected chi connectivity index (χ3v) is 4.33. The topological polar surface area (TPSA) is 12.0 Å². The Balaban J connectivity index is 2.32. The molecular weight excluding hydrogens is 262 g/mol. The second-order valence-corrected chi connectivity index (χ2v) is 6.13. The molecule has 1 nitrogen and oxygen atoms in total. The molecule has 0 aliphatic heterocycles. The van der Waals surface area contributed by atoms with E-state index in [2.05, 4.69) is 80.0 Å². The predicted octanol–water partition coefficient (Wildman–Crippen LogP) is 4.43. The van der Waals surface area contributed by atoms with Crippen LogP contribution in [0.2, 0.25) is 0 Å². The molecule has 2 atom stereocenters. The van der Waals surface area contributed by atoms with Crippen molar-refractivity contribution >= 4 is 11.8 Å². The maximum Gasteiger partial charge on any atom is 0.0581 e. The predicted molar refractivity (Wildman–Crippen MR) is 90.4 cm³/mol. The standard InChI is InChI=1S/C18H23NS/c1-14-9-7-8-12-17(14)18(19-15(2)13-20-3)16-10-5-4-6-11-16/h4-12,15,18-19H,13H2,1-3H3. The number of aryl methyl sites for hydroxylation is 1. The first-order valence-electron chi connectivity index (χ1n) is 7.08. The SMILES string of the molecule is CSCC(C)NC(c1ccccc1)c1ccccc1C. The van der Waals surface area contributed by atoms with Crippen LogP contribution in [-0.4, -0.2) is 18.1 Å². The van der Waals surface area contributed by atoms with Crippen molar-refractivity contribution in [1.82, 2.24) is 5.32 Å². The fourth-order valence-corrected chi connectivity index (χ4v) is 3.10. The summed E-state index contributed by atoms with van der Waals surface area (Å²) in [6, 6.07) is 20.1. The van der Waals surface area contributed by atoms with Gasteiger partial charge in [-0.1, -0.05) is 54.6 Å². The second kappa shape index (κ2) is 7.51. The Bertz CT molecular complexity index is 524. The molecule has 0 amide bonds. The van der Waals surface area contributed by atoms with Gasteiger partial charge >= 0.3 is 0 Å². The van der Waals surface area contributed by atoms with Gasteiger partial charge in [0, 0.05) is 11.8 Å². The highest BCUT2D eigenvalue weighted by Gasteiger charge is 2.17. The van der Waals surface area contributed by atoms with Crippen molar-refractivity contribution in [3.63, 3.8) is 0 Å². The van der Waals surface area contributed by atoms with Crippen molar-refractivity contribution < 1.29 is 0 Å². The largest absolute Gasteiger partial charge is 0.303 e. The molecule has 0 radical (unpaired) electrons. The molecule has 2 aromatic rings. The molecule has 0 saturated carbocycles. The van der Waals surface area contributed by atoms with Gasteiger partial charge in [0.1, 0.15) is 0 Å². The number of thioether (sulfide) groups is 1. The van der Waals surface area contributed by atoms with Gasteiger partial charge in [0.2, 0.25) is 0 Å². The lowest BCUT2D eigenvalue weighted by Crippen LogP contribution is -2.33. The fourth-order valence-electron chi connectivity index (χ4n) is 2.50. The van der Waals surface area contributed by atoms with E-state index in [0.717, 1.165) is 5.75 Å². The molecule has 106 valence electrons. The van der Waals surface area contributed by atoms with Crippen molar-refractivity contribution in [2.75, 3.05) is 12.0 Å². The van der Waals surface area contributed by atoms with Crippen LogP contribution in [0.5, 0.6) is 0 Å². The van der Waals surface area contributed by atoms with Gasteiger partial charge in [-0.25, -0.2) is 0 Å². The zero-order chi connectivity index (χ0) is 14.4. The zero-order valence-electron chi connectivity index (χ0n) is 12.5. The van der Waals surface area contributed by atoms with Crippen molar-refractivity contribution in [3.8, 4) is 0 Å². The molecule has 0 fully saturated rings. The number of hydrogen-bond donors (Lipinski definition) is 1. The van der Waals surface area contributed by atoms with Crippen LogP contribution < -0.4 is 5.32 Å². The number of rotatable bonds is 6. The van der Waals surface area contributed by atoms with Crippen LogP contribution in [0, 0.1) is 6.92 Å². The number of nitrogens with one attached hydrogen (secondary N) is 1. The minimum atomic E-state index is 0.263. The maximum atomic E-state index is 3.77. The van der Waals surface area contributed by atoms with Gasteiger partial charge in [-0.15, -0.1) is 0 Å². The number of benzene rings is 2. The maximum absolute atomic E-state index is 3.77. The molecule has 0 spiro atoms. The lowest BCUT2D eigenvalue weighted by atomic mass is 9.94. The Hall–Kier alpha value is -1.25. The quantitative estimate of drug-likeness (QED) is 0.843. The summed E-state index contributed by atoms with van der Waals surface area (Å²) in [4.78, 5) is 0. The van der Waals surface area contributed by atoms with Crippen LogP contribution in [0.15, 0.2) is 54.6 Å². The van der Waals surface area contributed by atoms with Crippen LogP contribution >= 0.6 is 11.8 Å². The molecule has 0 aliphatic carbocycles. The Morgan fingerprint density at radius 1 is 1.00 bits per heavy atom. The third kappa shape index (κ3) is 3.87. The molecule has 20 heavy (non-hydrogen) atoms. The van der Waals surface area contributed by atoms with Gasteiger partial charge in [0.05, 0.1) is 6.04 Å². The van der Waals surface area contributed by atoms with Crippen LogP contribution in [0.1, 0.15) is 29.7 Å². The second-order valence-electron chi connectivity index (χ2n) is 5.22. The molecule has 2 rings (SSSR count). The Morgan fingerprint density at radius 2 is 1.65 bits per heavy atom. The highest BCUT2D eigenvalue weighted by Crippen LogP contribution is 2.25. The fraction of sp³-hybridized carbons (Fsp3) is 0.333. The summed E-state index contributed by atoms with van der Waals surface area (Å²) >= 11 is 1.88. The first-order chi connectivity index (χ1) is 9.72. The lowest BCUT2D eigenvalue weighted by Gasteiger charge is -2.25. The van der Waals surface area contributed by atoms with Crippen LogP contribution in [0.3, 0.4) is 0 Å². The normalized spacial score (nSPS) is 13.9. The molecule has 1 N–H and O–H groups in total. The van der Waals surface area contributed by atoms with Gasteiger partial charge in [-0.3, -0.25) is 0 Å². The lowest BCUT2D eigenvalue weighted by molar-refractivity contribution is 0.533. The van der Waals surface area contributed by atoms with E-state index in [0.29, 0.717) is 6.04 Å². The summed E-state index contributed by atoms with van der Waals surface area (Å²) in [7, 11) is 0. The third-order valence-electron chi connectivity index (χ3n) is 3.50. The van der Waals surface area contributed by atoms with E-state index in [1.807, 2.05) is 11.8 Å². The molecule has 0 bridgehead atoms. The molecule has 2 unspecified atom stereocenters. The van der Waals surface area contributed by atoms with Gasteiger partial charge in [0.15, 0.2) is 0 Å². The first kappa shape index (κ1) is 15.1. The van der Waals surface area contributed by atoms with E-state index in [4.69, 9.17) is 0 Å². The summed E-state index contributed by atoms with van der Waals surface area (Å²) in [6.07, 6.45) is 2.16.